The molecule has 0 nitrogen and oxygen atoms in total. The predicted molar refractivity (Wildman–Crippen MR) is 21.6 cm³/mol. The minimum absolute atomic E-state index is 0. The average molecular weight is 264 g/mol. The average Bonchev–Trinajstić information content (AvgIpc) is 2.12. The molecule has 0 saturated heterocycles. The SMILES string of the molecule is [Au+].[CH-]=CC1CC1. The van der Waals surface area contributed by atoms with Gasteiger partial charge in [0.05, 0.1) is 0 Å². The van der Waals surface area contributed by atoms with Crippen molar-refractivity contribution in [2.45, 2.75) is 12.8 Å². The van der Waals surface area contributed by atoms with E-state index in [0.29, 0.717) is 0 Å². The van der Waals surface area contributed by atoms with Crippen LogP contribution in [0.3, 0.4) is 0 Å². The Hall–Kier alpha value is 0.480. The molecule has 0 N–H and O–H groups in total. The Morgan fingerprint density at radius 3 is 2.00 bits per heavy atom. The molecule has 1 aliphatic carbocycles. The van der Waals surface area contributed by atoms with Gasteiger partial charge in [-0.15, -0.1) is 0 Å². The van der Waals surface area contributed by atoms with Crippen LogP contribution in [-0.4, -0.2) is 0 Å². The molecule has 1 aliphatic rings. The van der Waals surface area contributed by atoms with Gasteiger partial charge < -0.3 is 6.58 Å². The summed E-state index contributed by atoms with van der Waals surface area (Å²) < 4.78 is 0. The molecule has 38 valence electrons. The third kappa shape index (κ3) is 1.81. The Morgan fingerprint density at radius 2 is 2.00 bits per heavy atom. The summed E-state index contributed by atoms with van der Waals surface area (Å²) in [5.41, 5.74) is 0. The van der Waals surface area contributed by atoms with Crippen LogP contribution in [0.1, 0.15) is 12.8 Å². The van der Waals surface area contributed by atoms with E-state index < -0.39 is 0 Å². The van der Waals surface area contributed by atoms with E-state index in [1.807, 2.05) is 0 Å². The second-order valence-electron chi connectivity index (χ2n) is 1.53. The van der Waals surface area contributed by atoms with Crippen LogP contribution in [-0.2, 0) is 22.4 Å². The summed E-state index contributed by atoms with van der Waals surface area (Å²) in [6.07, 6.45) is 4.44. The molecule has 0 aliphatic heterocycles. The van der Waals surface area contributed by atoms with Gasteiger partial charge in [0.1, 0.15) is 0 Å². The van der Waals surface area contributed by atoms with Gasteiger partial charge in [0, 0.05) is 0 Å². The number of rotatable bonds is 1. The van der Waals surface area contributed by atoms with Gasteiger partial charge in [-0.2, -0.15) is 0 Å². The van der Waals surface area contributed by atoms with Crippen LogP contribution in [0.5, 0.6) is 0 Å². The van der Waals surface area contributed by atoms with Crippen LogP contribution in [0.15, 0.2) is 6.08 Å². The van der Waals surface area contributed by atoms with Gasteiger partial charge >= 0.3 is 22.4 Å². The summed E-state index contributed by atoms with van der Waals surface area (Å²) in [5, 5.41) is 0. The van der Waals surface area contributed by atoms with Crippen molar-refractivity contribution in [2.75, 3.05) is 0 Å². The number of hydrogen-bond acceptors (Lipinski definition) is 0. The summed E-state index contributed by atoms with van der Waals surface area (Å²) in [6.45, 7) is 5.11. The number of allylic oxidation sites excluding steroid dienone is 1. The quantitative estimate of drug-likeness (QED) is 0.496. The zero-order valence-electron chi connectivity index (χ0n) is 3.45. The van der Waals surface area contributed by atoms with Crippen LogP contribution in [0, 0.1) is 12.5 Å². The first-order chi connectivity index (χ1) is 2.43. The van der Waals surface area contributed by atoms with E-state index in [4.69, 9.17) is 6.58 Å². The van der Waals surface area contributed by atoms with E-state index in [-0.39, 0.29) is 22.4 Å². The van der Waals surface area contributed by atoms with Gasteiger partial charge in [-0.3, -0.25) is 6.08 Å². The fourth-order valence-electron chi connectivity index (χ4n) is 0.289. The van der Waals surface area contributed by atoms with Crippen molar-refractivity contribution < 1.29 is 22.4 Å². The Morgan fingerprint density at radius 1 is 1.50 bits per heavy atom. The van der Waals surface area contributed by atoms with Gasteiger partial charge in [-0.1, -0.05) is 5.92 Å². The molecule has 0 unspecified atom stereocenters. The second-order valence-corrected chi connectivity index (χ2v) is 1.53. The Balaban J connectivity index is 0.000000250. The molecule has 6 heavy (non-hydrogen) atoms. The minimum Gasteiger partial charge on any atom is -0.518 e. The standard InChI is InChI=1S/C5H7.Au/c1-2-5-3-4-5;/h1-2,5H,3-4H2;/q-1;+1. The third-order valence-electron chi connectivity index (χ3n) is 0.894. The third-order valence-corrected chi connectivity index (χ3v) is 0.894. The molecule has 0 spiro atoms. The smallest absolute Gasteiger partial charge is 0.518 e. The van der Waals surface area contributed by atoms with Gasteiger partial charge in [-0.05, 0) is 12.8 Å². The van der Waals surface area contributed by atoms with Crippen LogP contribution in [0.25, 0.3) is 0 Å². The molecule has 0 amide bonds. The molecule has 0 atom stereocenters. The molecule has 1 saturated carbocycles. The zero-order valence-corrected chi connectivity index (χ0v) is 5.61. The summed E-state index contributed by atoms with van der Waals surface area (Å²) in [4.78, 5) is 0. The van der Waals surface area contributed by atoms with E-state index in [0.717, 1.165) is 5.92 Å². The Kier molecular flexibility index (Phi) is 2.83. The first-order valence-electron chi connectivity index (χ1n) is 1.98. The van der Waals surface area contributed by atoms with Crippen molar-refractivity contribution in [3.63, 3.8) is 0 Å². The molecule has 0 aromatic rings. The first kappa shape index (κ1) is 6.48. The molecule has 1 fully saturated rings. The molecular weight excluding hydrogens is 257 g/mol. The summed E-state index contributed by atoms with van der Waals surface area (Å²) in [6, 6.07) is 0. The van der Waals surface area contributed by atoms with Gasteiger partial charge in [0.15, 0.2) is 0 Å². The van der Waals surface area contributed by atoms with E-state index in [9.17, 15) is 0 Å². The first-order valence-corrected chi connectivity index (χ1v) is 1.98. The van der Waals surface area contributed by atoms with E-state index in [1.165, 1.54) is 12.8 Å². The topological polar surface area (TPSA) is 0 Å². The molecular formula is C5H7Au. The maximum atomic E-state index is 5.11. The maximum Gasteiger partial charge on any atom is 1.00 e. The molecule has 0 bridgehead atoms. The largest absolute Gasteiger partial charge is 1.00 e. The van der Waals surface area contributed by atoms with Crippen molar-refractivity contribution in [1.82, 2.24) is 0 Å². The summed E-state index contributed by atoms with van der Waals surface area (Å²) in [5.74, 6) is 0.787. The van der Waals surface area contributed by atoms with Crippen LogP contribution >= 0.6 is 0 Å². The van der Waals surface area contributed by atoms with Crippen molar-refractivity contribution in [3.05, 3.63) is 12.7 Å². The fraction of sp³-hybridized carbons (Fsp3) is 0.600. The van der Waals surface area contributed by atoms with Crippen molar-refractivity contribution in [3.8, 4) is 0 Å². The van der Waals surface area contributed by atoms with Crippen LogP contribution in [0.4, 0.5) is 0 Å². The molecule has 0 aromatic carbocycles. The Bertz CT molecular complexity index is 45.9. The van der Waals surface area contributed by atoms with Crippen LogP contribution in [0.2, 0.25) is 0 Å². The number of hydrogen-bond donors (Lipinski definition) is 0. The van der Waals surface area contributed by atoms with Crippen LogP contribution < -0.4 is 0 Å². The van der Waals surface area contributed by atoms with E-state index in [1.54, 1.807) is 6.08 Å². The molecule has 1 rings (SSSR count). The molecule has 0 heterocycles. The van der Waals surface area contributed by atoms with Crippen molar-refractivity contribution >= 4 is 0 Å². The second kappa shape index (κ2) is 2.62. The molecule has 1 heteroatoms. The predicted octanol–water partition coefficient (Wildman–Crippen LogP) is 1.38. The normalized spacial score (nSPS) is 18.7. The van der Waals surface area contributed by atoms with E-state index in [2.05, 4.69) is 0 Å². The van der Waals surface area contributed by atoms with Gasteiger partial charge in [-0.25, -0.2) is 0 Å². The maximum absolute atomic E-state index is 5.11. The fourth-order valence-corrected chi connectivity index (χ4v) is 0.289. The van der Waals surface area contributed by atoms with Crippen molar-refractivity contribution in [2.24, 2.45) is 5.92 Å². The summed E-state index contributed by atoms with van der Waals surface area (Å²) in [7, 11) is 0. The van der Waals surface area contributed by atoms with Crippen molar-refractivity contribution in [1.29, 1.82) is 0 Å². The van der Waals surface area contributed by atoms with E-state index >= 15 is 0 Å². The monoisotopic (exact) mass is 264 g/mol. The van der Waals surface area contributed by atoms with Gasteiger partial charge in [0.2, 0.25) is 0 Å². The minimum atomic E-state index is 0. The molecule has 0 radical (unpaired) electrons. The molecule has 0 aromatic heterocycles. The zero-order chi connectivity index (χ0) is 3.70. The summed E-state index contributed by atoms with van der Waals surface area (Å²) >= 11 is 0. The Labute approximate surface area is 54.1 Å². The van der Waals surface area contributed by atoms with Gasteiger partial charge in [0.25, 0.3) is 0 Å².